The lowest BCUT2D eigenvalue weighted by Crippen LogP contribution is -2.22. The van der Waals surface area contributed by atoms with Gasteiger partial charge in [-0.3, -0.25) is 9.48 Å². The predicted molar refractivity (Wildman–Crippen MR) is 94.2 cm³/mol. The molecule has 0 bridgehead atoms. The molecule has 0 spiro atoms. The van der Waals surface area contributed by atoms with E-state index >= 15 is 0 Å². The van der Waals surface area contributed by atoms with Gasteiger partial charge in [0.15, 0.2) is 5.82 Å². The monoisotopic (exact) mass is 351 g/mol. The average molecular weight is 351 g/mol. The molecule has 0 saturated heterocycles. The molecule has 0 fully saturated rings. The first-order valence-corrected chi connectivity index (χ1v) is 8.81. The Bertz CT molecular complexity index is 899. The molecule has 0 saturated carbocycles. The topological polar surface area (TPSA) is 105 Å². The molecular weight excluding hydrogens is 330 g/mol. The summed E-state index contributed by atoms with van der Waals surface area (Å²) in [6.07, 6.45) is 4.22. The van der Waals surface area contributed by atoms with E-state index in [9.17, 15) is 4.79 Å². The summed E-state index contributed by atoms with van der Waals surface area (Å²) >= 11 is 0. The summed E-state index contributed by atoms with van der Waals surface area (Å²) in [5.74, 6) is 2.17. The third kappa shape index (κ3) is 3.49. The van der Waals surface area contributed by atoms with Gasteiger partial charge in [-0.25, -0.2) is 14.6 Å². The van der Waals surface area contributed by atoms with Crippen molar-refractivity contribution >= 4 is 5.91 Å². The number of hydrogen-bond acceptors (Lipinski definition) is 5. The van der Waals surface area contributed by atoms with E-state index < -0.39 is 5.91 Å². The van der Waals surface area contributed by atoms with E-state index in [-0.39, 0.29) is 12.3 Å². The number of hydrogen-bond donors (Lipinski definition) is 1. The van der Waals surface area contributed by atoms with Crippen LogP contribution < -0.4 is 5.73 Å². The highest BCUT2D eigenvalue weighted by Crippen LogP contribution is 2.27. The Kier molecular flexibility index (Phi) is 4.47. The molecule has 1 unspecified atom stereocenters. The van der Waals surface area contributed by atoms with Crippen molar-refractivity contribution in [1.82, 2.24) is 29.5 Å². The van der Waals surface area contributed by atoms with Crippen molar-refractivity contribution in [1.29, 1.82) is 0 Å². The summed E-state index contributed by atoms with van der Waals surface area (Å²) < 4.78 is 3.87. The summed E-state index contributed by atoms with van der Waals surface area (Å²) in [4.78, 5) is 20.3. The average Bonchev–Trinajstić information content (AvgIpc) is 3.26. The van der Waals surface area contributed by atoms with Gasteiger partial charge in [-0.05, 0) is 18.4 Å². The number of rotatable bonds is 6. The largest absolute Gasteiger partial charge is 0.369 e. The number of carbonyl (C=O) groups is 1. The van der Waals surface area contributed by atoms with E-state index in [0.717, 1.165) is 37.5 Å². The quantitative estimate of drug-likeness (QED) is 0.709. The Balaban J connectivity index is 1.57. The van der Waals surface area contributed by atoms with Crippen molar-refractivity contribution < 1.29 is 4.79 Å². The second-order valence-corrected chi connectivity index (χ2v) is 6.58. The summed E-state index contributed by atoms with van der Waals surface area (Å²) in [5, 5.41) is 8.78. The van der Waals surface area contributed by atoms with Crippen molar-refractivity contribution in [2.45, 2.75) is 44.7 Å². The highest BCUT2D eigenvalue weighted by molar-refractivity contribution is 5.75. The lowest BCUT2D eigenvalue weighted by molar-refractivity contribution is -0.117. The molecule has 3 aromatic rings. The molecule has 0 radical (unpaired) electrons. The van der Waals surface area contributed by atoms with Gasteiger partial charge in [-0.1, -0.05) is 30.3 Å². The number of aromatic nitrogens is 6. The lowest BCUT2D eigenvalue weighted by atomic mass is 9.97. The molecule has 1 aromatic carbocycles. The molecule has 8 nitrogen and oxygen atoms in total. The molecule has 1 amide bonds. The molecule has 26 heavy (non-hydrogen) atoms. The van der Waals surface area contributed by atoms with Gasteiger partial charge < -0.3 is 5.73 Å². The van der Waals surface area contributed by atoms with E-state index in [4.69, 9.17) is 5.73 Å². The number of fused-ring (bicyclic) bond motifs is 1. The number of primary amides is 1. The molecule has 3 heterocycles. The van der Waals surface area contributed by atoms with Crippen LogP contribution in [0.15, 0.2) is 36.7 Å². The van der Waals surface area contributed by atoms with Gasteiger partial charge in [0, 0.05) is 25.4 Å². The molecule has 134 valence electrons. The highest BCUT2D eigenvalue weighted by atomic mass is 16.1. The van der Waals surface area contributed by atoms with Crippen molar-refractivity contribution in [3.05, 3.63) is 59.7 Å². The molecule has 0 aliphatic carbocycles. The van der Waals surface area contributed by atoms with Crippen LogP contribution in [0.2, 0.25) is 0 Å². The minimum Gasteiger partial charge on any atom is -0.369 e. The molecule has 1 atom stereocenters. The first kappa shape index (κ1) is 16.4. The third-order valence-electron chi connectivity index (χ3n) is 4.71. The summed E-state index contributed by atoms with van der Waals surface area (Å²) in [5.41, 5.74) is 6.57. The Morgan fingerprint density at radius 1 is 1.27 bits per heavy atom. The minimum atomic E-state index is -0.417. The van der Waals surface area contributed by atoms with E-state index in [1.807, 2.05) is 27.6 Å². The number of carbonyl (C=O) groups excluding carboxylic acids is 1. The second-order valence-electron chi connectivity index (χ2n) is 6.58. The first-order chi connectivity index (χ1) is 12.7. The van der Waals surface area contributed by atoms with Gasteiger partial charge >= 0.3 is 0 Å². The van der Waals surface area contributed by atoms with Gasteiger partial charge in [-0.15, -0.1) is 0 Å². The first-order valence-electron chi connectivity index (χ1n) is 8.81. The van der Waals surface area contributed by atoms with Crippen molar-refractivity contribution in [3.63, 3.8) is 0 Å². The summed E-state index contributed by atoms with van der Waals surface area (Å²) in [6.45, 7) is 1.53. The molecule has 2 N–H and O–H groups in total. The number of nitrogens with two attached hydrogens (primary N) is 1. The minimum absolute atomic E-state index is 0.0637. The Morgan fingerprint density at radius 3 is 2.92 bits per heavy atom. The van der Waals surface area contributed by atoms with Crippen LogP contribution in [-0.2, 0) is 37.1 Å². The standard InChI is InChI=1S/C18H21N7O/c19-15(26)11-16-22-18(14-7-9-24-17(10-14)20-12-21-24)25(23-16)8-6-13-4-2-1-3-5-13/h1-5,12,14H,6-11H2,(H2,19,26). The van der Waals surface area contributed by atoms with Gasteiger partial charge in [0.05, 0.1) is 6.42 Å². The summed E-state index contributed by atoms with van der Waals surface area (Å²) in [7, 11) is 0. The van der Waals surface area contributed by atoms with Gasteiger partial charge in [0.2, 0.25) is 5.91 Å². The van der Waals surface area contributed by atoms with Crippen molar-refractivity contribution in [3.8, 4) is 0 Å². The van der Waals surface area contributed by atoms with Crippen molar-refractivity contribution in [2.75, 3.05) is 0 Å². The molecule has 2 aromatic heterocycles. The smallest absolute Gasteiger partial charge is 0.225 e. The Hall–Kier alpha value is -3.03. The number of amides is 1. The fraction of sp³-hybridized carbons (Fsp3) is 0.389. The zero-order valence-electron chi connectivity index (χ0n) is 14.5. The molecule has 1 aliphatic rings. The van der Waals surface area contributed by atoms with E-state index in [2.05, 4.69) is 32.3 Å². The zero-order valence-corrected chi connectivity index (χ0v) is 14.5. The fourth-order valence-electron chi connectivity index (χ4n) is 3.43. The van der Waals surface area contributed by atoms with E-state index in [0.29, 0.717) is 12.4 Å². The summed E-state index contributed by atoms with van der Waals surface area (Å²) in [6, 6.07) is 10.3. The van der Waals surface area contributed by atoms with E-state index in [1.165, 1.54) is 5.56 Å². The molecule has 8 heteroatoms. The number of aryl methyl sites for hydroxylation is 3. The maximum absolute atomic E-state index is 11.3. The predicted octanol–water partition coefficient (Wildman–Crippen LogP) is 0.870. The number of benzene rings is 1. The van der Waals surface area contributed by atoms with Gasteiger partial charge in [0.25, 0.3) is 0 Å². The fourth-order valence-corrected chi connectivity index (χ4v) is 3.43. The van der Waals surface area contributed by atoms with Crippen molar-refractivity contribution in [2.24, 2.45) is 5.73 Å². The maximum Gasteiger partial charge on any atom is 0.225 e. The van der Waals surface area contributed by atoms with Crippen LogP contribution in [0.5, 0.6) is 0 Å². The van der Waals surface area contributed by atoms with E-state index in [1.54, 1.807) is 6.33 Å². The zero-order chi connectivity index (χ0) is 17.9. The van der Waals surface area contributed by atoms with Crippen LogP contribution >= 0.6 is 0 Å². The van der Waals surface area contributed by atoms with Crippen LogP contribution in [0.4, 0.5) is 0 Å². The van der Waals surface area contributed by atoms with Crippen LogP contribution in [0.3, 0.4) is 0 Å². The highest BCUT2D eigenvalue weighted by Gasteiger charge is 2.26. The maximum atomic E-state index is 11.3. The van der Waals surface area contributed by atoms with Crippen LogP contribution in [0, 0.1) is 0 Å². The third-order valence-corrected chi connectivity index (χ3v) is 4.71. The van der Waals surface area contributed by atoms with Gasteiger partial charge in [-0.2, -0.15) is 10.2 Å². The van der Waals surface area contributed by atoms with Crippen LogP contribution in [-0.4, -0.2) is 35.4 Å². The second kappa shape index (κ2) is 7.07. The lowest BCUT2D eigenvalue weighted by Gasteiger charge is -2.22. The molecule has 4 rings (SSSR count). The number of nitrogens with zero attached hydrogens (tertiary/aromatic N) is 6. The molecular formula is C18H21N7O. The van der Waals surface area contributed by atoms with Gasteiger partial charge in [0.1, 0.15) is 18.0 Å². The molecule has 1 aliphatic heterocycles. The van der Waals surface area contributed by atoms with Crippen LogP contribution in [0.1, 0.15) is 35.4 Å². The Labute approximate surface area is 151 Å². The van der Waals surface area contributed by atoms with Crippen LogP contribution in [0.25, 0.3) is 0 Å². The SMILES string of the molecule is NC(=O)Cc1nc(C2CCn3ncnc3C2)n(CCc2ccccc2)n1. The normalized spacial score (nSPS) is 16.4. The Morgan fingerprint density at radius 2 is 2.12 bits per heavy atom.